The third kappa shape index (κ3) is 8.28. The standard InChI is InChI=1S/C5H5Cl3O/c1-4(9)2-3-5(6,7)8/h2-3H,1H3. The van der Waals surface area contributed by atoms with E-state index in [-0.39, 0.29) is 5.78 Å². The number of halogens is 3. The molecule has 0 aromatic heterocycles. The number of alkyl halides is 3. The molecule has 0 spiro atoms. The molecule has 0 saturated carbocycles. The Morgan fingerprint density at radius 1 is 1.44 bits per heavy atom. The Bertz CT molecular complexity index is 134. The molecule has 0 rings (SSSR count). The van der Waals surface area contributed by atoms with Crippen molar-refractivity contribution in [3.8, 4) is 0 Å². The molecule has 0 fully saturated rings. The van der Waals surface area contributed by atoms with Gasteiger partial charge in [-0.05, 0) is 19.1 Å². The van der Waals surface area contributed by atoms with E-state index in [2.05, 4.69) is 0 Å². The van der Waals surface area contributed by atoms with Crippen molar-refractivity contribution in [2.75, 3.05) is 0 Å². The molecule has 0 unspecified atom stereocenters. The zero-order valence-corrected chi connectivity index (χ0v) is 6.96. The smallest absolute Gasteiger partial charge is 0.209 e. The lowest BCUT2D eigenvalue weighted by Gasteiger charge is -1.99. The second-order valence-electron chi connectivity index (χ2n) is 1.49. The summed E-state index contributed by atoms with van der Waals surface area (Å²) in [5, 5.41) is 0. The van der Waals surface area contributed by atoms with Crippen molar-refractivity contribution in [3.63, 3.8) is 0 Å². The number of carbonyl (C=O) groups excluding carboxylic acids is 1. The summed E-state index contributed by atoms with van der Waals surface area (Å²) >= 11 is 15.8. The predicted octanol–water partition coefficient (Wildman–Crippen LogP) is 2.50. The van der Waals surface area contributed by atoms with Crippen molar-refractivity contribution in [1.29, 1.82) is 0 Å². The van der Waals surface area contributed by atoms with Crippen molar-refractivity contribution < 1.29 is 4.79 Å². The maximum absolute atomic E-state index is 10.2. The van der Waals surface area contributed by atoms with Gasteiger partial charge in [-0.15, -0.1) is 0 Å². The van der Waals surface area contributed by atoms with Crippen LogP contribution in [0.4, 0.5) is 0 Å². The molecule has 1 nitrogen and oxygen atoms in total. The van der Waals surface area contributed by atoms with Crippen LogP contribution in [0.1, 0.15) is 6.92 Å². The number of hydrogen-bond donors (Lipinski definition) is 0. The van der Waals surface area contributed by atoms with Gasteiger partial charge in [0.1, 0.15) is 0 Å². The van der Waals surface area contributed by atoms with Crippen molar-refractivity contribution >= 4 is 40.6 Å². The molecule has 0 radical (unpaired) electrons. The van der Waals surface area contributed by atoms with Gasteiger partial charge in [0, 0.05) is 0 Å². The number of allylic oxidation sites excluding steroid dienone is 2. The van der Waals surface area contributed by atoms with Gasteiger partial charge in [-0.25, -0.2) is 0 Å². The van der Waals surface area contributed by atoms with Crippen LogP contribution in [0.5, 0.6) is 0 Å². The summed E-state index contributed by atoms with van der Waals surface area (Å²) in [4.78, 5) is 10.2. The highest BCUT2D eigenvalue weighted by molar-refractivity contribution is 6.69. The summed E-state index contributed by atoms with van der Waals surface area (Å²) in [6, 6.07) is 0. The lowest BCUT2D eigenvalue weighted by molar-refractivity contribution is -0.112. The average molecular weight is 187 g/mol. The fraction of sp³-hybridized carbons (Fsp3) is 0.400. The van der Waals surface area contributed by atoms with Crippen LogP contribution in [0.3, 0.4) is 0 Å². The van der Waals surface area contributed by atoms with Gasteiger partial charge >= 0.3 is 0 Å². The van der Waals surface area contributed by atoms with Crippen LogP contribution < -0.4 is 0 Å². The van der Waals surface area contributed by atoms with E-state index in [1.54, 1.807) is 0 Å². The predicted molar refractivity (Wildman–Crippen MR) is 40.1 cm³/mol. The Hall–Kier alpha value is 0.280. The molecule has 0 heterocycles. The fourth-order valence-corrected chi connectivity index (χ4v) is 0.401. The largest absolute Gasteiger partial charge is 0.295 e. The lowest BCUT2D eigenvalue weighted by Crippen LogP contribution is -1.95. The quantitative estimate of drug-likeness (QED) is 0.455. The number of carbonyl (C=O) groups is 1. The van der Waals surface area contributed by atoms with E-state index in [0.29, 0.717) is 0 Å². The van der Waals surface area contributed by atoms with Crippen LogP contribution >= 0.6 is 34.8 Å². The summed E-state index contributed by atoms with van der Waals surface area (Å²) in [6.45, 7) is 1.38. The first-order valence-electron chi connectivity index (χ1n) is 2.18. The highest BCUT2D eigenvalue weighted by Gasteiger charge is 2.13. The van der Waals surface area contributed by atoms with Crippen LogP contribution in [0.25, 0.3) is 0 Å². The van der Waals surface area contributed by atoms with Gasteiger partial charge in [-0.2, -0.15) is 0 Å². The number of rotatable bonds is 1. The SMILES string of the molecule is CC(=O)C=CC(Cl)(Cl)Cl. The zero-order chi connectivity index (χ0) is 7.49. The summed E-state index contributed by atoms with van der Waals surface area (Å²) < 4.78 is -1.45. The Morgan fingerprint density at radius 3 is 2.00 bits per heavy atom. The van der Waals surface area contributed by atoms with E-state index in [0.717, 1.165) is 0 Å². The molecule has 0 atom stereocenters. The Kier molecular flexibility index (Phi) is 3.56. The minimum Gasteiger partial charge on any atom is -0.295 e. The minimum atomic E-state index is -1.45. The van der Waals surface area contributed by atoms with Crippen LogP contribution in [-0.4, -0.2) is 9.58 Å². The van der Waals surface area contributed by atoms with E-state index in [1.165, 1.54) is 19.1 Å². The Labute approximate surface area is 68.6 Å². The third-order valence-corrected chi connectivity index (χ3v) is 0.885. The zero-order valence-electron chi connectivity index (χ0n) is 4.70. The van der Waals surface area contributed by atoms with Gasteiger partial charge < -0.3 is 0 Å². The molecule has 52 valence electrons. The number of ketones is 1. The Balaban J connectivity index is 3.86. The van der Waals surface area contributed by atoms with E-state index in [9.17, 15) is 4.79 Å². The summed E-state index contributed by atoms with van der Waals surface area (Å²) in [7, 11) is 0. The molecule has 0 aromatic carbocycles. The normalized spacial score (nSPS) is 12.4. The first kappa shape index (κ1) is 9.28. The highest BCUT2D eigenvalue weighted by atomic mass is 35.6. The monoisotopic (exact) mass is 186 g/mol. The van der Waals surface area contributed by atoms with Gasteiger partial charge in [0.05, 0.1) is 0 Å². The molecule has 0 aliphatic carbocycles. The minimum absolute atomic E-state index is 0.138. The summed E-state index contributed by atoms with van der Waals surface area (Å²) in [6.07, 6.45) is 2.42. The van der Waals surface area contributed by atoms with Crippen molar-refractivity contribution in [2.45, 2.75) is 10.7 Å². The van der Waals surface area contributed by atoms with Crippen LogP contribution in [-0.2, 0) is 4.79 Å². The van der Waals surface area contributed by atoms with Crippen LogP contribution in [0.15, 0.2) is 12.2 Å². The molecule has 0 amide bonds. The van der Waals surface area contributed by atoms with E-state index < -0.39 is 3.79 Å². The van der Waals surface area contributed by atoms with Gasteiger partial charge in [-0.1, -0.05) is 34.8 Å². The summed E-state index contributed by atoms with van der Waals surface area (Å²) in [5.41, 5.74) is 0. The van der Waals surface area contributed by atoms with Gasteiger partial charge in [0.15, 0.2) is 5.78 Å². The molecule has 9 heavy (non-hydrogen) atoms. The van der Waals surface area contributed by atoms with E-state index >= 15 is 0 Å². The van der Waals surface area contributed by atoms with Crippen LogP contribution in [0.2, 0.25) is 0 Å². The molecule has 4 heteroatoms. The lowest BCUT2D eigenvalue weighted by atomic mass is 10.4. The molecule has 0 saturated heterocycles. The highest BCUT2D eigenvalue weighted by Crippen LogP contribution is 2.26. The molecular weight excluding hydrogens is 182 g/mol. The Morgan fingerprint density at radius 2 is 1.89 bits per heavy atom. The second-order valence-corrected chi connectivity index (χ2v) is 3.85. The van der Waals surface area contributed by atoms with Crippen molar-refractivity contribution in [3.05, 3.63) is 12.2 Å². The molecular formula is C5H5Cl3O. The first-order chi connectivity index (χ1) is 3.92. The molecule has 0 aliphatic rings. The van der Waals surface area contributed by atoms with Crippen LogP contribution in [0, 0.1) is 0 Å². The molecule has 0 N–H and O–H groups in total. The molecule has 0 bridgehead atoms. The van der Waals surface area contributed by atoms with E-state index in [1.807, 2.05) is 0 Å². The van der Waals surface area contributed by atoms with Crippen molar-refractivity contribution in [2.24, 2.45) is 0 Å². The van der Waals surface area contributed by atoms with Gasteiger partial charge in [0.2, 0.25) is 3.79 Å². The maximum Gasteiger partial charge on any atom is 0.209 e. The average Bonchev–Trinajstić information content (AvgIpc) is 1.59. The van der Waals surface area contributed by atoms with Crippen molar-refractivity contribution in [1.82, 2.24) is 0 Å². The molecule has 0 aromatic rings. The maximum atomic E-state index is 10.2. The first-order valence-corrected chi connectivity index (χ1v) is 3.32. The third-order valence-electron chi connectivity index (χ3n) is 0.507. The molecule has 0 aliphatic heterocycles. The van der Waals surface area contributed by atoms with Gasteiger partial charge in [-0.3, -0.25) is 4.79 Å². The van der Waals surface area contributed by atoms with E-state index in [4.69, 9.17) is 34.8 Å². The summed E-state index contributed by atoms with van der Waals surface area (Å²) in [5.74, 6) is -0.138. The number of hydrogen-bond acceptors (Lipinski definition) is 1. The topological polar surface area (TPSA) is 17.1 Å². The second kappa shape index (κ2) is 3.45. The van der Waals surface area contributed by atoms with Gasteiger partial charge in [0.25, 0.3) is 0 Å². The fourth-order valence-electron chi connectivity index (χ4n) is 0.212.